The second-order valence-corrected chi connectivity index (χ2v) is 8.56. The SMILES string of the molecule is Cc1ccc(-n2ccnc2SCC(=O)N2CCN(C(=O)C3CC3)CC2)cc1C. The number of carbonyl (C=O) groups is 2. The molecule has 2 fully saturated rings. The normalized spacial score (nSPS) is 17.1. The van der Waals surface area contributed by atoms with Crippen LogP contribution in [-0.4, -0.2) is 63.1 Å². The molecule has 0 atom stereocenters. The van der Waals surface area contributed by atoms with Crippen molar-refractivity contribution in [1.82, 2.24) is 19.4 Å². The molecule has 0 N–H and O–H groups in total. The minimum absolute atomic E-state index is 0.109. The van der Waals surface area contributed by atoms with E-state index in [-0.39, 0.29) is 17.7 Å². The molecule has 0 bridgehead atoms. The van der Waals surface area contributed by atoms with Gasteiger partial charge >= 0.3 is 0 Å². The zero-order valence-corrected chi connectivity index (χ0v) is 17.2. The van der Waals surface area contributed by atoms with E-state index < -0.39 is 0 Å². The van der Waals surface area contributed by atoms with Crippen LogP contribution in [0.25, 0.3) is 5.69 Å². The Kier molecular flexibility index (Phi) is 5.44. The number of piperazine rings is 1. The summed E-state index contributed by atoms with van der Waals surface area (Å²) in [7, 11) is 0. The number of benzene rings is 1. The highest BCUT2D eigenvalue weighted by Crippen LogP contribution is 2.31. The van der Waals surface area contributed by atoms with Crippen molar-refractivity contribution in [2.24, 2.45) is 5.92 Å². The van der Waals surface area contributed by atoms with Crippen molar-refractivity contribution in [1.29, 1.82) is 0 Å². The highest BCUT2D eigenvalue weighted by molar-refractivity contribution is 7.99. The minimum atomic E-state index is 0.109. The molecule has 2 aliphatic rings. The van der Waals surface area contributed by atoms with Gasteiger partial charge in [-0.1, -0.05) is 17.8 Å². The molecule has 1 saturated heterocycles. The predicted octanol–water partition coefficient (Wildman–Crippen LogP) is 2.66. The Morgan fingerprint density at radius 2 is 1.79 bits per heavy atom. The number of imidazole rings is 1. The van der Waals surface area contributed by atoms with Crippen LogP contribution in [0.2, 0.25) is 0 Å². The Hall–Kier alpha value is -2.28. The molecule has 0 spiro atoms. The zero-order valence-electron chi connectivity index (χ0n) is 16.4. The van der Waals surface area contributed by atoms with Gasteiger partial charge in [0.1, 0.15) is 0 Å². The van der Waals surface area contributed by atoms with Crippen molar-refractivity contribution in [2.75, 3.05) is 31.9 Å². The zero-order chi connectivity index (χ0) is 19.7. The molecular formula is C21H26N4O2S. The summed E-state index contributed by atoms with van der Waals surface area (Å²) in [4.78, 5) is 33.0. The molecule has 1 aromatic heterocycles. The Morgan fingerprint density at radius 1 is 1.07 bits per heavy atom. The lowest BCUT2D eigenvalue weighted by Gasteiger charge is -2.34. The van der Waals surface area contributed by atoms with Crippen molar-refractivity contribution < 1.29 is 9.59 Å². The van der Waals surface area contributed by atoms with Crippen LogP contribution < -0.4 is 0 Å². The summed E-state index contributed by atoms with van der Waals surface area (Å²) in [5.41, 5.74) is 3.55. The summed E-state index contributed by atoms with van der Waals surface area (Å²) < 4.78 is 2.02. The number of amides is 2. The Labute approximate surface area is 169 Å². The lowest BCUT2D eigenvalue weighted by Crippen LogP contribution is -2.51. The van der Waals surface area contributed by atoms with Crippen LogP contribution in [0.3, 0.4) is 0 Å². The van der Waals surface area contributed by atoms with Gasteiger partial charge in [0.15, 0.2) is 5.16 Å². The third-order valence-corrected chi connectivity index (χ3v) is 6.52. The number of hydrogen-bond acceptors (Lipinski definition) is 4. The molecule has 1 aliphatic carbocycles. The van der Waals surface area contributed by atoms with E-state index in [4.69, 9.17) is 0 Å². The van der Waals surface area contributed by atoms with Crippen LogP contribution in [0.5, 0.6) is 0 Å². The van der Waals surface area contributed by atoms with Crippen molar-refractivity contribution in [3.05, 3.63) is 41.7 Å². The van der Waals surface area contributed by atoms with E-state index in [1.165, 1.54) is 22.9 Å². The molecule has 2 heterocycles. The molecule has 0 radical (unpaired) electrons. The second-order valence-electron chi connectivity index (χ2n) is 7.62. The molecule has 1 saturated carbocycles. The van der Waals surface area contributed by atoms with Crippen LogP contribution >= 0.6 is 11.8 Å². The smallest absolute Gasteiger partial charge is 0.233 e. The number of rotatable bonds is 5. The van der Waals surface area contributed by atoms with E-state index in [0.29, 0.717) is 31.9 Å². The van der Waals surface area contributed by atoms with Gasteiger partial charge in [-0.05, 0) is 49.9 Å². The van der Waals surface area contributed by atoms with Gasteiger partial charge in [0, 0.05) is 50.2 Å². The number of aromatic nitrogens is 2. The van der Waals surface area contributed by atoms with Gasteiger partial charge in [-0.25, -0.2) is 4.98 Å². The van der Waals surface area contributed by atoms with Crippen LogP contribution in [0.4, 0.5) is 0 Å². The van der Waals surface area contributed by atoms with Crippen molar-refractivity contribution in [2.45, 2.75) is 31.8 Å². The highest BCUT2D eigenvalue weighted by Gasteiger charge is 2.35. The third-order valence-electron chi connectivity index (χ3n) is 5.57. The van der Waals surface area contributed by atoms with Crippen LogP contribution in [0.15, 0.2) is 35.7 Å². The molecule has 28 heavy (non-hydrogen) atoms. The van der Waals surface area contributed by atoms with Gasteiger partial charge in [0.2, 0.25) is 11.8 Å². The first-order chi connectivity index (χ1) is 13.5. The van der Waals surface area contributed by atoms with Crippen LogP contribution in [-0.2, 0) is 9.59 Å². The first-order valence-corrected chi connectivity index (χ1v) is 10.8. The second kappa shape index (κ2) is 7.99. The van der Waals surface area contributed by atoms with E-state index in [9.17, 15) is 9.59 Å². The van der Waals surface area contributed by atoms with Gasteiger partial charge < -0.3 is 9.80 Å². The predicted molar refractivity (Wildman–Crippen MR) is 110 cm³/mol. The topological polar surface area (TPSA) is 58.4 Å². The van der Waals surface area contributed by atoms with Crippen molar-refractivity contribution in [3.63, 3.8) is 0 Å². The lowest BCUT2D eigenvalue weighted by atomic mass is 10.1. The molecule has 4 rings (SSSR count). The summed E-state index contributed by atoms with van der Waals surface area (Å²) >= 11 is 1.46. The standard InChI is InChI=1S/C21H26N4O2S/c1-15-3-6-18(13-16(15)2)25-8-7-22-21(25)28-14-19(26)23-9-11-24(12-10-23)20(27)17-4-5-17/h3,6-8,13,17H,4-5,9-12,14H2,1-2H3. The Balaban J connectivity index is 1.33. The molecule has 1 aromatic carbocycles. The number of hydrogen-bond donors (Lipinski definition) is 0. The maximum Gasteiger partial charge on any atom is 0.233 e. The number of aryl methyl sites for hydroxylation is 2. The minimum Gasteiger partial charge on any atom is -0.339 e. The molecular weight excluding hydrogens is 372 g/mol. The maximum atomic E-state index is 12.6. The number of carbonyl (C=O) groups excluding carboxylic acids is 2. The maximum absolute atomic E-state index is 12.6. The molecule has 2 aromatic rings. The molecule has 2 amide bonds. The summed E-state index contributed by atoms with van der Waals surface area (Å²) in [6.07, 6.45) is 5.76. The summed E-state index contributed by atoms with van der Waals surface area (Å²) in [5, 5.41) is 0.819. The fourth-order valence-electron chi connectivity index (χ4n) is 3.45. The molecule has 6 nitrogen and oxygen atoms in total. The van der Waals surface area contributed by atoms with E-state index in [1.807, 2.05) is 20.6 Å². The molecule has 148 valence electrons. The summed E-state index contributed by atoms with van der Waals surface area (Å²) in [5.74, 6) is 0.996. The van der Waals surface area contributed by atoms with Crippen molar-refractivity contribution in [3.8, 4) is 5.69 Å². The van der Waals surface area contributed by atoms with E-state index >= 15 is 0 Å². The summed E-state index contributed by atoms with van der Waals surface area (Å²) in [6, 6.07) is 6.32. The molecule has 1 aliphatic heterocycles. The molecule has 0 unspecified atom stereocenters. The van der Waals surface area contributed by atoms with Gasteiger partial charge in [-0.3, -0.25) is 14.2 Å². The average Bonchev–Trinajstić information content (AvgIpc) is 3.46. The van der Waals surface area contributed by atoms with Gasteiger partial charge in [-0.15, -0.1) is 0 Å². The highest BCUT2D eigenvalue weighted by atomic mass is 32.2. The number of nitrogens with zero attached hydrogens (tertiary/aromatic N) is 4. The van der Waals surface area contributed by atoms with Gasteiger partial charge in [-0.2, -0.15) is 0 Å². The quantitative estimate of drug-likeness (QED) is 0.727. The third kappa shape index (κ3) is 4.09. The fraction of sp³-hybridized carbons (Fsp3) is 0.476. The van der Waals surface area contributed by atoms with Crippen LogP contribution in [0, 0.1) is 19.8 Å². The number of thioether (sulfide) groups is 1. The largest absolute Gasteiger partial charge is 0.339 e. The van der Waals surface area contributed by atoms with E-state index in [1.54, 1.807) is 6.20 Å². The average molecular weight is 399 g/mol. The van der Waals surface area contributed by atoms with E-state index in [2.05, 4.69) is 37.0 Å². The van der Waals surface area contributed by atoms with Gasteiger partial charge in [0.05, 0.1) is 5.75 Å². The van der Waals surface area contributed by atoms with Crippen LogP contribution in [0.1, 0.15) is 24.0 Å². The molecule has 7 heteroatoms. The Bertz CT molecular complexity index is 882. The Morgan fingerprint density at radius 3 is 2.46 bits per heavy atom. The van der Waals surface area contributed by atoms with Gasteiger partial charge in [0.25, 0.3) is 0 Å². The first-order valence-electron chi connectivity index (χ1n) is 9.83. The lowest BCUT2D eigenvalue weighted by molar-refractivity contribution is -0.139. The van der Waals surface area contributed by atoms with E-state index in [0.717, 1.165) is 23.7 Å². The summed E-state index contributed by atoms with van der Waals surface area (Å²) in [6.45, 7) is 6.76. The first kappa shape index (κ1) is 19.1. The van der Waals surface area contributed by atoms with Crippen molar-refractivity contribution >= 4 is 23.6 Å². The monoisotopic (exact) mass is 398 g/mol. The fourth-order valence-corrected chi connectivity index (χ4v) is 4.33.